The van der Waals surface area contributed by atoms with Gasteiger partial charge in [0, 0.05) is 11.1 Å². The van der Waals surface area contributed by atoms with Gasteiger partial charge in [0.2, 0.25) is 0 Å². The first-order valence-corrected chi connectivity index (χ1v) is 3.56. The Labute approximate surface area is 64.9 Å². The third-order valence-corrected chi connectivity index (χ3v) is 1.77. The van der Waals surface area contributed by atoms with E-state index in [0.29, 0.717) is 0 Å². The molecule has 0 aliphatic heterocycles. The smallest absolute Gasteiger partial charge is 0.375 e. The molecule has 1 rings (SSSR count). The van der Waals surface area contributed by atoms with Crippen molar-refractivity contribution in [3.8, 4) is 0 Å². The summed E-state index contributed by atoms with van der Waals surface area (Å²) in [6, 6.07) is 0. The van der Waals surface area contributed by atoms with Crippen molar-refractivity contribution in [2.45, 2.75) is 12.6 Å². The maximum atomic E-state index is 11.7. The largest absolute Gasteiger partial charge is 0.393 e. The molecular formula is C5H5F3N2S. The molecule has 0 aliphatic rings. The van der Waals surface area contributed by atoms with Crippen LogP contribution in [0.5, 0.6) is 0 Å². The molecule has 2 N–H and O–H groups in total. The molecule has 0 fully saturated rings. The van der Waals surface area contributed by atoms with E-state index < -0.39 is 12.6 Å². The Morgan fingerprint density at radius 2 is 2.18 bits per heavy atom. The lowest BCUT2D eigenvalue weighted by Crippen LogP contribution is -2.10. The van der Waals surface area contributed by atoms with E-state index >= 15 is 0 Å². The molecule has 62 valence electrons. The number of hydrogen-bond donors (Lipinski definition) is 1. The Kier molecular flexibility index (Phi) is 2.03. The van der Waals surface area contributed by atoms with Gasteiger partial charge in [-0.1, -0.05) is 0 Å². The van der Waals surface area contributed by atoms with E-state index in [0.717, 1.165) is 17.5 Å². The number of hydrogen-bond acceptors (Lipinski definition) is 3. The first-order valence-electron chi connectivity index (χ1n) is 2.74. The number of nitrogens with two attached hydrogens (primary N) is 1. The molecule has 0 saturated heterocycles. The average Bonchev–Trinajstić information content (AvgIpc) is 2.10. The molecule has 11 heavy (non-hydrogen) atoms. The van der Waals surface area contributed by atoms with Gasteiger partial charge in [0.05, 0.1) is 6.42 Å². The number of alkyl halides is 3. The van der Waals surface area contributed by atoms with Gasteiger partial charge in [0.25, 0.3) is 0 Å². The standard InChI is InChI=1S/C5H5F3N2S/c6-5(7,8)1-3-2-10-4(9)11-3/h2H,1H2,(H2,9,10). The Bertz CT molecular complexity index is 242. The lowest BCUT2D eigenvalue weighted by molar-refractivity contribution is -0.126. The monoisotopic (exact) mass is 182 g/mol. The summed E-state index contributed by atoms with van der Waals surface area (Å²) in [4.78, 5) is 3.65. The number of nitrogen functional groups attached to an aromatic ring is 1. The highest BCUT2D eigenvalue weighted by Gasteiger charge is 2.28. The Hall–Kier alpha value is -0.780. The van der Waals surface area contributed by atoms with Crippen molar-refractivity contribution in [1.82, 2.24) is 4.98 Å². The molecule has 0 atom stereocenters. The van der Waals surface area contributed by atoms with Crippen molar-refractivity contribution < 1.29 is 13.2 Å². The van der Waals surface area contributed by atoms with Crippen LogP contribution in [0.25, 0.3) is 0 Å². The van der Waals surface area contributed by atoms with E-state index in [-0.39, 0.29) is 10.0 Å². The molecule has 1 aromatic heterocycles. The molecule has 1 aromatic rings. The second kappa shape index (κ2) is 2.69. The van der Waals surface area contributed by atoms with Gasteiger partial charge in [0.15, 0.2) is 5.13 Å². The van der Waals surface area contributed by atoms with Gasteiger partial charge < -0.3 is 5.73 Å². The van der Waals surface area contributed by atoms with Gasteiger partial charge >= 0.3 is 6.18 Å². The fraction of sp³-hybridized carbons (Fsp3) is 0.400. The maximum absolute atomic E-state index is 11.7. The van der Waals surface area contributed by atoms with E-state index in [9.17, 15) is 13.2 Å². The van der Waals surface area contributed by atoms with Crippen LogP contribution in [0.4, 0.5) is 18.3 Å². The van der Waals surface area contributed by atoms with E-state index in [1.54, 1.807) is 0 Å². The minimum absolute atomic E-state index is 0.148. The summed E-state index contributed by atoms with van der Waals surface area (Å²) in [7, 11) is 0. The molecular weight excluding hydrogens is 177 g/mol. The first-order chi connectivity index (χ1) is 4.97. The van der Waals surface area contributed by atoms with Gasteiger partial charge in [-0.05, 0) is 0 Å². The number of rotatable bonds is 1. The van der Waals surface area contributed by atoms with Crippen LogP contribution in [0.1, 0.15) is 4.88 Å². The van der Waals surface area contributed by atoms with Crippen LogP contribution in [0, 0.1) is 0 Å². The summed E-state index contributed by atoms with van der Waals surface area (Å²) >= 11 is 0.861. The highest BCUT2D eigenvalue weighted by Crippen LogP contribution is 2.25. The quantitative estimate of drug-likeness (QED) is 0.719. The van der Waals surface area contributed by atoms with Gasteiger partial charge in [-0.2, -0.15) is 13.2 Å². The third kappa shape index (κ3) is 2.75. The van der Waals surface area contributed by atoms with Crippen LogP contribution >= 0.6 is 11.3 Å². The molecule has 0 spiro atoms. The molecule has 0 amide bonds. The lowest BCUT2D eigenvalue weighted by Gasteiger charge is -2.01. The predicted octanol–water partition coefficient (Wildman–Crippen LogP) is 1.83. The predicted molar refractivity (Wildman–Crippen MR) is 36.3 cm³/mol. The van der Waals surface area contributed by atoms with Crippen LogP contribution in [0.3, 0.4) is 0 Å². The highest BCUT2D eigenvalue weighted by atomic mass is 32.1. The summed E-state index contributed by atoms with van der Waals surface area (Å²) in [5, 5.41) is 0.171. The second-order valence-corrected chi connectivity index (χ2v) is 3.10. The zero-order valence-corrected chi connectivity index (χ0v) is 6.17. The van der Waals surface area contributed by atoms with Crippen LogP contribution < -0.4 is 5.73 Å². The van der Waals surface area contributed by atoms with Crippen LogP contribution in [-0.4, -0.2) is 11.2 Å². The number of thiazole rings is 1. The van der Waals surface area contributed by atoms with Gasteiger partial charge in [-0.3, -0.25) is 0 Å². The van der Waals surface area contributed by atoms with E-state index in [4.69, 9.17) is 5.73 Å². The van der Waals surface area contributed by atoms with Crippen molar-refractivity contribution in [1.29, 1.82) is 0 Å². The fourth-order valence-electron chi connectivity index (χ4n) is 0.602. The summed E-state index contributed by atoms with van der Waals surface area (Å²) in [6.07, 6.45) is -3.96. The molecule has 2 nitrogen and oxygen atoms in total. The van der Waals surface area contributed by atoms with Crippen LogP contribution in [0.15, 0.2) is 6.20 Å². The lowest BCUT2D eigenvalue weighted by atomic mass is 10.4. The van der Waals surface area contributed by atoms with Crippen molar-refractivity contribution in [3.63, 3.8) is 0 Å². The molecule has 0 unspecified atom stereocenters. The maximum Gasteiger partial charge on any atom is 0.393 e. The van der Waals surface area contributed by atoms with E-state index in [1.165, 1.54) is 0 Å². The summed E-state index contributed by atoms with van der Waals surface area (Å²) in [5.74, 6) is 0. The highest BCUT2D eigenvalue weighted by molar-refractivity contribution is 7.15. The SMILES string of the molecule is Nc1ncc(CC(F)(F)F)s1. The normalized spacial score (nSPS) is 11.9. The van der Waals surface area contributed by atoms with Crippen LogP contribution in [-0.2, 0) is 6.42 Å². The third-order valence-electron chi connectivity index (χ3n) is 0.946. The van der Waals surface area contributed by atoms with Crippen molar-refractivity contribution >= 4 is 16.5 Å². The van der Waals surface area contributed by atoms with Crippen molar-refractivity contribution in [2.24, 2.45) is 0 Å². The Morgan fingerprint density at radius 3 is 2.55 bits per heavy atom. The number of nitrogens with zero attached hydrogens (tertiary/aromatic N) is 1. The molecule has 0 aliphatic carbocycles. The second-order valence-electron chi connectivity index (χ2n) is 1.96. The topological polar surface area (TPSA) is 38.9 Å². The molecule has 0 bridgehead atoms. The van der Waals surface area contributed by atoms with E-state index in [1.807, 2.05) is 0 Å². The first kappa shape index (κ1) is 8.32. The van der Waals surface area contributed by atoms with Crippen molar-refractivity contribution in [3.05, 3.63) is 11.1 Å². The van der Waals surface area contributed by atoms with E-state index in [2.05, 4.69) is 4.98 Å². The molecule has 0 radical (unpaired) electrons. The molecule has 0 aromatic carbocycles. The number of anilines is 1. The zero-order chi connectivity index (χ0) is 8.48. The molecule has 6 heteroatoms. The summed E-state index contributed by atoms with van der Waals surface area (Å²) in [5.41, 5.74) is 5.14. The van der Waals surface area contributed by atoms with Gasteiger partial charge in [-0.25, -0.2) is 4.98 Å². The minimum Gasteiger partial charge on any atom is -0.375 e. The number of halogens is 3. The Morgan fingerprint density at radius 1 is 1.55 bits per heavy atom. The minimum atomic E-state index is -4.17. The molecule has 0 saturated carbocycles. The fourth-order valence-corrected chi connectivity index (χ4v) is 1.32. The van der Waals surface area contributed by atoms with Gasteiger partial charge in [-0.15, -0.1) is 11.3 Å². The van der Waals surface area contributed by atoms with Crippen LogP contribution in [0.2, 0.25) is 0 Å². The number of aromatic nitrogens is 1. The van der Waals surface area contributed by atoms with Gasteiger partial charge in [0.1, 0.15) is 0 Å². The zero-order valence-electron chi connectivity index (χ0n) is 5.35. The Balaban J connectivity index is 2.65. The average molecular weight is 182 g/mol. The molecule has 1 heterocycles. The van der Waals surface area contributed by atoms with Crippen molar-refractivity contribution in [2.75, 3.05) is 5.73 Å². The summed E-state index contributed by atoms with van der Waals surface area (Å²) in [6.45, 7) is 0. The summed E-state index contributed by atoms with van der Waals surface area (Å²) < 4.78 is 35.1.